The number of pyridine rings is 1. The highest BCUT2D eigenvalue weighted by molar-refractivity contribution is 5.91. The van der Waals surface area contributed by atoms with Crippen LogP contribution in [-0.4, -0.2) is 50.2 Å². The first-order valence-corrected chi connectivity index (χ1v) is 10.4. The Morgan fingerprint density at radius 2 is 1.84 bits per heavy atom. The smallest absolute Gasteiger partial charge is 0.322 e. The minimum Gasteiger partial charge on any atom is -0.495 e. The Kier molecular flexibility index (Phi) is 6.97. The van der Waals surface area contributed by atoms with Crippen molar-refractivity contribution in [3.05, 3.63) is 69.5 Å². The van der Waals surface area contributed by atoms with Gasteiger partial charge in [0.05, 0.1) is 52.0 Å². The number of quaternary nitrogens is 1. The van der Waals surface area contributed by atoms with Crippen LogP contribution in [0.3, 0.4) is 0 Å². The molecule has 164 valence electrons. The van der Waals surface area contributed by atoms with E-state index in [2.05, 4.69) is 10.3 Å². The van der Waals surface area contributed by atoms with E-state index < -0.39 is 0 Å². The van der Waals surface area contributed by atoms with E-state index in [0.717, 1.165) is 28.6 Å². The van der Waals surface area contributed by atoms with Crippen molar-refractivity contribution in [1.82, 2.24) is 9.88 Å². The van der Waals surface area contributed by atoms with Gasteiger partial charge in [-0.25, -0.2) is 4.79 Å². The number of anilines is 1. The van der Waals surface area contributed by atoms with Gasteiger partial charge in [0, 0.05) is 10.9 Å². The number of urea groups is 1. The van der Waals surface area contributed by atoms with E-state index in [-0.39, 0.29) is 18.1 Å². The van der Waals surface area contributed by atoms with Gasteiger partial charge in [-0.3, -0.25) is 4.79 Å². The van der Waals surface area contributed by atoms with Crippen LogP contribution in [0.5, 0.6) is 5.75 Å². The quantitative estimate of drug-likeness (QED) is 0.546. The van der Waals surface area contributed by atoms with Crippen molar-refractivity contribution in [2.24, 2.45) is 0 Å². The zero-order valence-electron chi connectivity index (χ0n) is 18.8. The van der Waals surface area contributed by atoms with Gasteiger partial charge < -0.3 is 24.8 Å². The van der Waals surface area contributed by atoms with Gasteiger partial charge in [0.1, 0.15) is 5.75 Å². The standard InChI is InChI=1S/C24H30N4O3/c1-16-10-11-17(2)22-19(16)14-18(23(29)26-22)15-28(13-12-27(3)4)24(30)25-20-8-6-7-9-21(20)31-5/h6-11,14H,12-13,15H2,1-5H3,(H,25,30)(H,26,29)/p+1. The normalized spacial score (nSPS) is 11.0. The molecule has 2 aromatic carbocycles. The summed E-state index contributed by atoms with van der Waals surface area (Å²) in [4.78, 5) is 31.8. The van der Waals surface area contributed by atoms with Crippen molar-refractivity contribution in [3.63, 3.8) is 0 Å². The first-order valence-electron chi connectivity index (χ1n) is 10.4. The topological polar surface area (TPSA) is 78.9 Å². The molecule has 0 spiro atoms. The molecule has 2 amide bonds. The molecule has 1 heterocycles. The summed E-state index contributed by atoms with van der Waals surface area (Å²) < 4.78 is 5.34. The third kappa shape index (κ3) is 5.24. The molecule has 0 bridgehead atoms. The fourth-order valence-electron chi connectivity index (χ4n) is 3.49. The lowest BCUT2D eigenvalue weighted by Gasteiger charge is -2.24. The van der Waals surface area contributed by atoms with Crippen LogP contribution in [0, 0.1) is 13.8 Å². The van der Waals surface area contributed by atoms with Crippen LogP contribution < -0.4 is 20.5 Å². The zero-order valence-corrected chi connectivity index (χ0v) is 18.8. The summed E-state index contributed by atoms with van der Waals surface area (Å²) in [7, 11) is 5.63. The fourth-order valence-corrected chi connectivity index (χ4v) is 3.49. The Labute approximate surface area is 182 Å². The first kappa shape index (κ1) is 22.4. The lowest BCUT2D eigenvalue weighted by atomic mass is 10.0. The van der Waals surface area contributed by atoms with Crippen LogP contribution in [0.15, 0.2) is 47.3 Å². The Hall–Kier alpha value is -3.32. The molecule has 1 aromatic heterocycles. The second-order valence-electron chi connectivity index (χ2n) is 8.12. The number of ether oxygens (including phenoxy) is 1. The molecule has 31 heavy (non-hydrogen) atoms. The molecular weight excluding hydrogens is 392 g/mol. The van der Waals surface area contributed by atoms with Crippen molar-refractivity contribution in [1.29, 1.82) is 0 Å². The molecule has 3 N–H and O–H groups in total. The van der Waals surface area contributed by atoms with Crippen molar-refractivity contribution in [3.8, 4) is 5.75 Å². The summed E-state index contributed by atoms with van der Waals surface area (Å²) in [5, 5.41) is 3.92. The van der Waals surface area contributed by atoms with Gasteiger partial charge in [-0.05, 0) is 43.2 Å². The predicted octanol–water partition coefficient (Wildman–Crippen LogP) is 2.33. The molecule has 0 aliphatic carbocycles. The van der Waals surface area contributed by atoms with E-state index in [1.807, 2.05) is 58.3 Å². The van der Waals surface area contributed by atoms with Crippen molar-refractivity contribution >= 4 is 22.6 Å². The Morgan fingerprint density at radius 1 is 1.13 bits per heavy atom. The summed E-state index contributed by atoms with van der Waals surface area (Å²) in [6, 6.07) is 13.0. The van der Waals surface area contributed by atoms with E-state index >= 15 is 0 Å². The number of aryl methyl sites for hydroxylation is 2. The molecule has 0 unspecified atom stereocenters. The molecule has 0 saturated carbocycles. The number of methoxy groups -OCH3 is 1. The van der Waals surface area contributed by atoms with Gasteiger partial charge in [-0.15, -0.1) is 0 Å². The van der Waals surface area contributed by atoms with Crippen LogP contribution in [0.1, 0.15) is 16.7 Å². The molecular formula is C24H31N4O3+. The lowest BCUT2D eigenvalue weighted by Crippen LogP contribution is -3.06. The number of benzene rings is 2. The summed E-state index contributed by atoms with van der Waals surface area (Å²) in [6.07, 6.45) is 0. The molecule has 3 aromatic rings. The highest BCUT2D eigenvalue weighted by Gasteiger charge is 2.19. The number of hydrogen-bond donors (Lipinski definition) is 3. The van der Waals surface area contributed by atoms with E-state index in [0.29, 0.717) is 23.5 Å². The number of fused-ring (bicyclic) bond motifs is 1. The number of hydrogen-bond acceptors (Lipinski definition) is 3. The predicted molar refractivity (Wildman–Crippen MR) is 124 cm³/mol. The van der Waals surface area contributed by atoms with Crippen LogP contribution in [0.2, 0.25) is 0 Å². The van der Waals surface area contributed by atoms with Crippen molar-refractivity contribution < 1.29 is 14.4 Å². The number of aromatic amines is 1. The average molecular weight is 424 g/mol. The van der Waals surface area contributed by atoms with Crippen molar-refractivity contribution in [2.75, 3.05) is 39.6 Å². The van der Waals surface area contributed by atoms with Crippen molar-refractivity contribution in [2.45, 2.75) is 20.4 Å². The second-order valence-corrected chi connectivity index (χ2v) is 8.12. The maximum absolute atomic E-state index is 13.1. The maximum atomic E-state index is 13.1. The number of carbonyl (C=O) groups excluding carboxylic acids is 1. The summed E-state index contributed by atoms with van der Waals surface area (Å²) in [5.74, 6) is 0.587. The summed E-state index contributed by atoms with van der Waals surface area (Å²) in [6.45, 7) is 5.47. The van der Waals surface area contributed by atoms with Gasteiger partial charge in [0.15, 0.2) is 0 Å². The van der Waals surface area contributed by atoms with Crippen LogP contribution in [0.4, 0.5) is 10.5 Å². The fraction of sp³-hybridized carbons (Fsp3) is 0.333. The molecule has 0 atom stereocenters. The number of nitrogens with zero attached hydrogens (tertiary/aromatic N) is 1. The molecule has 0 saturated heterocycles. The SMILES string of the molecule is COc1ccccc1NC(=O)N(CC[NH+](C)C)Cc1cc2c(C)ccc(C)c2[nH]c1=O. The monoisotopic (exact) mass is 423 g/mol. The molecule has 0 radical (unpaired) electrons. The Bertz CT molecular complexity index is 1140. The van der Waals surface area contributed by atoms with Gasteiger partial charge in [-0.1, -0.05) is 24.3 Å². The van der Waals surface area contributed by atoms with E-state index in [1.165, 1.54) is 4.90 Å². The second kappa shape index (κ2) is 9.66. The number of para-hydroxylation sites is 2. The number of rotatable bonds is 7. The van der Waals surface area contributed by atoms with Crippen LogP contribution in [0.25, 0.3) is 10.9 Å². The largest absolute Gasteiger partial charge is 0.495 e. The minimum atomic E-state index is -0.272. The number of likely N-dealkylation sites (N-methyl/N-ethyl adjacent to an activating group) is 1. The maximum Gasteiger partial charge on any atom is 0.322 e. The number of nitrogens with one attached hydrogen (secondary N) is 3. The van der Waals surface area contributed by atoms with E-state index in [9.17, 15) is 9.59 Å². The lowest BCUT2D eigenvalue weighted by molar-refractivity contribution is -0.857. The number of amides is 2. The summed E-state index contributed by atoms with van der Waals surface area (Å²) in [5.41, 5.74) is 3.93. The van der Waals surface area contributed by atoms with E-state index in [1.54, 1.807) is 24.1 Å². The summed E-state index contributed by atoms with van der Waals surface area (Å²) >= 11 is 0. The van der Waals surface area contributed by atoms with Gasteiger partial charge in [0.25, 0.3) is 5.56 Å². The molecule has 0 fully saturated rings. The highest BCUT2D eigenvalue weighted by atomic mass is 16.5. The Morgan fingerprint density at radius 3 is 2.55 bits per heavy atom. The number of aromatic nitrogens is 1. The van der Waals surface area contributed by atoms with Gasteiger partial charge in [-0.2, -0.15) is 0 Å². The first-order chi connectivity index (χ1) is 14.8. The number of H-pyrrole nitrogens is 1. The van der Waals surface area contributed by atoms with Crippen LogP contribution >= 0.6 is 0 Å². The Balaban J connectivity index is 1.92. The highest BCUT2D eigenvalue weighted by Crippen LogP contribution is 2.24. The van der Waals surface area contributed by atoms with Crippen LogP contribution in [-0.2, 0) is 6.54 Å². The third-order valence-corrected chi connectivity index (χ3v) is 5.40. The molecule has 3 rings (SSSR count). The minimum absolute atomic E-state index is 0.173. The molecule has 0 aliphatic rings. The average Bonchev–Trinajstić information content (AvgIpc) is 2.74. The van der Waals surface area contributed by atoms with Gasteiger partial charge in [0.2, 0.25) is 0 Å². The van der Waals surface area contributed by atoms with Gasteiger partial charge >= 0.3 is 6.03 Å². The third-order valence-electron chi connectivity index (χ3n) is 5.40. The van der Waals surface area contributed by atoms with E-state index in [4.69, 9.17) is 4.74 Å². The molecule has 7 nitrogen and oxygen atoms in total. The zero-order chi connectivity index (χ0) is 22.5. The number of carbonyl (C=O) groups is 1. The molecule has 7 heteroatoms. The molecule has 0 aliphatic heterocycles.